The second kappa shape index (κ2) is 8.77. The minimum Gasteiger partial charge on any atom is -0.364 e. The lowest BCUT2D eigenvalue weighted by molar-refractivity contribution is -0.117. The highest BCUT2D eigenvalue weighted by molar-refractivity contribution is 6.04. The fourth-order valence-electron chi connectivity index (χ4n) is 3.36. The van der Waals surface area contributed by atoms with Gasteiger partial charge in [-0.2, -0.15) is 0 Å². The van der Waals surface area contributed by atoms with E-state index in [1.807, 2.05) is 18.2 Å². The van der Waals surface area contributed by atoms with Gasteiger partial charge in [-0.1, -0.05) is 26.0 Å². The maximum atomic E-state index is 13.0. The van der Waals surface area contributed by atoms with E-state index in [1.165, 1.54) is 6.92 Å². The van der Waals surface area contributed by atoms with Crippen molar-refractivity contribution in [1.29, 1.82) is 0 Å². The van der Waals surface area contributed by atoms with E-state index >= 15 is 0 Å². The molecule has 0 fully saturated rings. The Hall–Kier alpha value is -3.35. The smallest absolute Gasteiger partial charge is 0.258 e. The zero-order valence-electron chi connectivity index (χ0n) is 16.9. The average Bonchev–Trinajstić information content (AvgIpc) is 2.66. The number of amides is 3. The van der Waals surface area contributed by atoms with Crippen molar-refractivity contribution < 1.29 is 14.4 Å². The zero-order valence-corrected chi connectivity index (χ0v) is 16.9. The van der Waals surface area contributed by atoms with Crippen LogP contribution < -0.4 is 16.0 Å². The van der Waals surface area contributed by atoms with E-state index in [0.717, 1.165) is 12.1 Å². The zero-order chi connectivity index (χ0) is 21.0. The molecule has 1 aliphatic heterocycles. The summed E-state index contributed by atoms with van der Waals surface area (Å²) < 4.78 is 0. The van der Waals surface area contributed by atoms with Crippen molar-refractivity contribution >= 4 is 34.8 Å². The molecule has 152 valence electrons. The minimum atomic E-state index is -0.277. The molecule has 0 aliphatic carbocycles. The molecule has 3 rings (SSSR count). The van der Waals surface area contributed by atoms with Gasteiger partial charge in [0.05, 0.1) is 5.56 Å². The van der Waals surface area contributed by atoms with Crippen LogP contribution in [-0.2, 0) is 9.59 Å². The van der Waals surface area contributed by atoms with Crippen LogP contribution >= 0.6 is 0 Å². The highest BCUT2D eigenvalue weighted by Gasteiger charge is 2.33. The Morgan fingerprint density at radius 3 is 2.28 bits per heavy atom. The molecule has 0 bridgehead atoms. The third kappa shape index (κ3) is 5.13. The third-order valence-corrected chi connectivity index (χ3v) is 4.61. The Bertz CT molecular complexity index is 909. The van der Waals surface area contributed by atoms with Gasteiger partial charge >= 0.3 is 0 Å². The number of carbonyl (C=O) groups is 3. The van der Waals surface area contributed by atoms with Gasteiger partial charge in [-0.15, -0.1) is 0 Å². The van der Waals surface area contributed by atoms with Crippen molar-refractivity contribution in [2.45, 2.75) is 33.4 Å². The molecule has 0 spiro atoms. The van der Waals surface area contributed by atoms with E-state index < -0.39 is 0 Å². The normalized spacial score (nSPS) is 15.5. The number of para-hydroxylation sites is 1. The second-order valence-corrected chi connectivity index (χ2v) is 7.58. The predicted octanol–water partition coefficient (Wildman–Crippen LogP) is 3.52. The predicted molar refractivity (Wildman–Crippen MR) is 114 cm³/mol. The quantitative estimate of drug-likeness (QED) is 0.699. The van der Waals surface area contributed by atoms with E-state index in [9.17, 15) is 14.4 Å². The molecular formula is C22H26N4O3. The summed E-state index contributed by atoms with van der Waals surface area (Å²) in [5, 5.41) is 8.88. The maximum absolute atomic E-state index is 13.0. The number of hydrogen-bond donors (Lipinski definition) is 3. The van der Waals surface area contributed by atoms with Crippen LogP contribution in [0.5, 0.6) is 0 Å². The Labute approximate surface area is 170 Å². The molecule has 0 unspecified atom stereocenters. The van der Waals surface area contributed by atoms with Crippen LogP contribution in [-0.4, -0.2) is 35.3 Å². The van der Waals surface area contributed by atoms with E-state index in [4.69, 9.17) is 0 Å². The number of carbonyl (C=O) groups excluding carboxylic acids is 3. The van der Waals surface area contributed by atoms with Crippen molar-refractivity contribution in [2.24, 2.45) is 5.92 Å². The van der Waals surface area contributed by atoms with Crippen LogP contribution in [0.2, 0.25) is 0 Å². The Kier molecular flexibility index (Phi) is 6.16. The summed E-state index contributed by atoms with van der Waals surface area (Å²) in [6.45, 7) is 5.55. The van der Waals surface area contributed by atoms with Crippen molar-refractivity contribution in [3.05, 3.63) is 54.1 Å². The Balaban J connectivity index is 1.71. The summed E-state index contributed by atoms with van der Waals surface area (Å²) in [5.41, 5.74) is 2.62. The second-order valence-electron chi connectivity index (χ2n) is 7.58. The Morgan fingerprint density at radius 2 is 1.66 bits per heavy atom. The molecule has 0 aromatic heterocycles. The highest BCUT2D eigenvalue weighted by atomic mass is 16.2. The molecule has 0 radical (unpaired) electrons. The number of fused-ring (bicyclic) bond motifs is 1. The first-order valence-corrected chi connectivity index (χ1v) is 9.67. The maximum Gasteiger partial charge on any atom is 0.258 e. The van der Waals surface area contributed by atoms with Gasteiger partial charge in [0, 0.05) is 24.0 Å². The van der Waals surface area contributed by atoms with Gasteiger partial charge in [0.15, 0.2) is 0 Å². The number of rotatable bonds is 6. The van der Waals surface area contributed by atoms with Crippen molar-refractivity contribution in [2.75, 3.05) is 22.5 Å². The number of benzene rings is 2. The van der Waals surface area contributed by atoms with Gasteiger partial charge in [0.25, 0.3) is 5.91 Å². The van der Waals surface area contributed by atoms with E-state index in [2.05, 4.69) is 29.8 Å². The number of nitrogens with zero attached hydrogens (tertiary/aromatic N) is 1. The van der Waals surface area contributed by atoms with Gasteiger partial charge in [0.2, 0.25) is 11.8 Å². The summed E-state index contributed by atoms with van der Waals surface area (Å²) in [6.07, 6.45) is 0.490. The first-order valence-electron chi connectivity index (χ1n) is 9.67. The number of anilines is 3. The molecule has 3 amide bonds. The Morgan fingerprint density at radius 1 is 1.03 bits per heavy atom. The summed E-state index contributed by atoms with van der Waals surface area (Å²) in [5.74, 6) is -0.228. The topological polar surface area (TPSA) is 90.5 Å². The monoisotopic (exact) mass is 394 g/mol. The van der Waals surface area contributed by atoms with Crippen molar-refractivity contribution in [1.82, 2.24) is 4.90 Å². The van der Waals surface area contributed by atoms with Crippen molar-refractivity contribution in [3.8, 4) is 0 Å². The lowest BCUT2D eigenvalue weighted by Gasteiger charge is -2.38. The van der Waals surface area contributed by atoms with Gasteiger partial charge < -0.3 is 20.9 Å². The summed E-state index contributed by atoms with van der Waals surface area (Å²) in [6, 6.07) is 14.2. The van der Waals surface area contributed by atoms with Gasteiger partial charge in [-0.05, 0) is 48.7 Å². The largest absolute Gasteiger partial charge is 0.364 e. The SMILES string of the molecule is CC(=O)Nc1ccc(NC(=O)CN2C(=O)c3ccccc3N[C@H]2CC(C)C)cc1. The molecule has 2 aromatic rings. The molecule has 29 heavy (non-hydrogen) atoms. The van der Waals surface area contributed by atoms with Crippen LogP contribution in [0, 0.1) is 5.92 Å². The summed E-state index contributed by atoms with van der Waals surface area (Å²) >= 11 is 0. The minimum absolute atomic E-state index is 0.0506. The molecule has 1 heterocycles. The fraction of sp³-hybridized carbons (Fsp3) is 0.318. The number of nitrogens with one attached hydrogen (secondary N) is 3. The van der Waals surface area contributed by atoms with Crippen LogP contribution in [0.1, 0.15) is 37.6 Å². The van der Waals surface area contributed by atoms with Crippen LogP contribution in [0.15, 0.2) is 48.5 Å². The molecule has 0 saturated heterocycles. The fourth-order valence-corrected chi connectivity index (χ4v) is 3.36. The molecule has 7 nitrogen and oxygen atoms in total. The van der Waals surface area contributed by atoms with Crippen LogP contribution in [0.25, 0.3) is 0 Å². The number of hydrogen-bond acceptors (Lipinski definition) is 4. The van der Waals surface area contributed by atoms with Gasteiger partial charge in [0.1, 0.15) is 12.7 Å². The van der Waals surface area contributed by atoms with E-state index in [1.54, 1.807) is 35.2 Å². The molecule has 0 saturated carbocycles. The summed E-state index contributed by atoms with van der Waals surface area (Å²) in [4.78, 5) is 38.3. The van der Waals surface area contributed by atoms with Crippen LogP contribution in [0.4, 0.5) is 17.1 Å². The molecule has 2 aromatic carbocycles. The highest BCUT2D eigenvalue weighted by Crippen LogP contribution is 2.27. The molecule has 3 N–H and O–H groups in total. The lowest BCUT2D eigenvalue weighted by atomic mass is 10.0. The van der Waals surface area contributed by atoms with Gasteiger partial charge in [-0.25, -0.2) is 0 Å². The molecular weight excluding hydrogens is 368 g/mol. The molecule has 7 heteroatoms. The summed E-state index contributed by atoms with van der Waals surface area (Å²) in [7, 11) is 0. The third-order valence-electron chi connectivity index (χ3n) is 4.61. The lowest BCUT2D eigenvalue weighted by Crippen LogP contribution is -2.52. The standard InChI is InChI=1S/C22H26N4O3/c1-14(2)12-20-25-19-7-5-4-6-18(19)22(29)26(20)13-21(28)24-17-10-8-16(9-11-17)23-15(3)27/h4-11,14,20,25H,12-13H2,1-3H3,(H,23,27)(H,24,28)/t20-/m1/s1. The first kappa shape index (κ1) is 20.4. The van der Waals surface area contributed by atoms with Crippen LogP contribution in [0.3, 0.4) is 0 Å². The van der Waals surface area contributed by atoms with E-state index in [-0.39, 0.29) is 30.4 Å². The molecule has 1 atom stereocenters. The van der Waals surface area contributed by atoms with E-state index in [0.29, 0.717) is 22.9 Å². The van der Waals surface area contributed by atoms with Crippen molar-refractivity contribution in [3.63, 3.8) is 0 Å². The van der Waals surface area contributed by atoms with Gasteiger partial charge in [-0.3, -0.25) is 14.4 Å². The first-order chi connectivity index (χ1) is 13.8. The average molecular weight is 394 g/mol. The molecule has 1 aliphatic rings.